The fraction of sp³-hybridized carbons (Fsp3) is 0.562. The summed E-state index contributed by atoms with van der Waals surface area (Å²) in [5, 5.41) is 3.07. The van der Waals surface area contributed by atoms with Crippen LogP contribution in [0.25, 0.3) is 0 Å². The highest BCUT2D eigenvalue weighted by Crippen LogP contribution is 2.28. The van der Waals surface area contributed by atoms with E-state index in [-0.39, 0.29) is 10.8 Å². The van der Waals surface area contributed by atoms with Crippen LogP contribution < -0.4 is 10.2 Å². The highest BCUT2D eigenvalue weighted by atomic mass is 35.5. The molecule has 2 aliphatic heterocycles. The molecule has 1 aromatic rings. The minimum Gasteiger partial charge on any atom is -0.370 e. The van der Waals surface area contributed by atoms with Crippen LogP contribution in [0.1, 0.15) is 12.8 Å². The number of amides is 1. The summed E-state index contributed by atoms with van der Waals surface area (Å²) in [4.78, 5) is 13.6. The molecule has 0 atom stereocenters. The van der Waals surface area contributed by atoms with Crippen molar-refractivity contribution in [2.45, 2.75) is 17.7 Å². The van der Waals surface area contributed by atoms with Gasteiger partial charge in [-0.3, -0.25) is 4.79 Å². The van der Waals surface area contributed by atoms with E-state index >= 15 is 0 Å². The molecule has 25 heavy (non-hydrogen) atoms. The van der Waals surface area contributed by atoms with Gasteiger partial charge in [0.25, 0.3) is 5.91 Å². The van der Waals surface area contributed by atoms with E-state index in [0.717, 1.165) is 30.8 Å². The van der Waals surface area contributed by atoms with Gasteiger partial charge in [-0.1, -0.05) is 11.6 Å². The summed E-state index contributed by atoms with van der Waals surface area (Å²) in [6, 6.07) is 4.45. The van der Waals surface area contributed by atoms with Crippen LogP contribution in [0.15, 0.2) is 23.1 Å². The predicted molar refractivity (Wildman–Crippen MR) is 94.5 cm³/mol. The molecule has 0 aliphatic carbocycles. The number of nitrogens with zero attached hydrogens (tertiary/aromatic N) is 1. The van der Waals surface area contributed by atoms with Gasteiger partial charge in [0, 0.05) is 13.1 Å². The third-order valence-corrected chi connectivity index (χ3v) is 6.75. The number of benzene rings is 1. The zero-order valence-corrected chi connectivity index (χ0v) is 15.5. The van der Waals surface area contributed by atoms with Gasteiger partial charge in [-0.15, -0.1) is 0 Å². The van der Waals surface area contributed by atoms with Crippen molar-refractivity contribution in [1.29, 1.82) is 0 Å². The first-order valence-corrected chi connectivity index (χ1v) is 10.3. The van der Waals surface area contributed by atoms with Crippen molar-refractivity contribution in [2.75, 3.05) is 51.3 Å². The zero-order valence-electron chi connectivity index (χ0n) is 14.0. The average Bonchev–Trinajstić information content (AvgIpc) is 3.13. The Hall–Kier alpha value is -1.19. The summed E-state index contributed by atoms with van der Waals surface area (Å²) in [5.74, 6) is -0.186. The summed E-state index contributed by atoms with van der Waals surface area (Å²) in [5.41, 5.74) is 0.333. The number of hydrogen-bond acceptors (Lipinski definition) is 4. The van der Waals surface area contributed by atoms with E-state index in [4.69, 9.17) is 16.3 Å². The normalized spacial score (nSPS) is 19.9. The number of anilines is 1. The second-order valence-electron chi connectivity index (χ2n) is 6.34. The lowest BCUT2D eigenvalue weighted by atomic mass is 10.3. The van der Waals surface area contributed by atoms with Crippen molar-refractivity contribution in [2.24, 2.45) is 0 Å². The van der Waals surface area contributed by atoms with Crippen molar-refractivity contribution < 1.29 is 22.8 Å². The maximum absolute atomic E-state index is 12.7. The van der Waals surface area contributed by atoms with Crippen LogP contribution in [0.4, 0.5) is 5.69 Å². The van der Waals surface area contributed by atoms with E-state index in [1.807, 2.05) is 0 Å². The standard InChI is InChI=1S/C16H22ClN3O4S/c17-14-4-3-13(25(22,23)20-5-1-2-6-20)11-15(14)18-16(21)12-19-7-9-24-10-8-19/h3-4,11H,1-2,5-10,12H2,(H,18,21)/p+1. The molecule has 0 saturated carbocycles. The van der Waals surface area contributed by atoms with Gasteiger partial charge in [0.1, 0.15) is 13.1 Å². The van der Waals surface area contributed by atoms with Gasteiger partial charge in [-0.2, -0.15) is 4.31 Å². The van der Waals surface area contributed by atoms with Crippen LogP contribution in [-0.4, -0.2) is 64.6 Å². The molecule has 2 heterocycles. The van der Waals surface area contributed by atoms with Gasteiger partial charge in [-0.25, -0.2) is 8.42 Å². The number of carbonyl (C=O) groups is 1. The Balaban J connectivity index is 1.71. The largest absolute Gasteiger partial charge is 0.370 e. The molecular weight excluding hydrogens is 366 g/mol. The number of halogens is 1. The third-order valence-electron chi connectivity index (χ3n) is 4.53. The lowest BCUT2D eigenvalue weighted by Crippen LogP contribution is -3.15. The summed E-state index contributed by atoms with van der Waals surface area (Å²) in [6.45, 7) is 4.23. The van der Waals surface area contributed by atoms with Crippen molar-refractivity contribution in [3.8, 4) is 0 Å². The molecule has 1 aromatic carbocycles. The van der Waals surface area contributed by atoms with E-state index in [9.17, 15) is 13.2 Å². The Morgan fingerprint density at radius 1 is 1.24 bits per heavy atom. The van der Waals surface area contributed by atoms with Gasteiger partial charge in [-0.05, 0) is 31.0 Å². The minimum atomic E-state index is -3.54. The second kappa shape index (κ2) is 8.01. The Morgan fingerprint density at radius 3 is 2.60 bits per heavy atom. The number of hydrogen-bond donors (Lipinski definition) is 2. The van der Waals surface area contributed by atoms with Crippen LogP contribution in [0, 0.1) is 0 Å². The monoisotopic (exact) mass is 388 g/mol. The molecule has 0 unspecified atom stereocenters. The van der Waals surface area contributed by atoms with Gasteiger partial charge in [0.15, 0.2) is 6.54 Å². The number of carbonyl (C=O) groups excluding carboxylic acids is 1. The summed E-state index contributed by atoms with van der Waals surface area (Å²) in [7, 11) is -3.54. The Bertz CT molecular complexity index is 729. The van der Waals surface area contributed by atoms with Crippen molar-refractivity contribution in [3.05, 3.63) is 23.2 Å². The Morgan fingerprint density at radius 2 is 1.92 bits per heavy atom. The number of quaternary nitrogens is 1. The van der Waals surface area contributed by atoms with Crippen LogP contribution >= 0.6 is 11.6 Å². The van der Waals surface area contributed by atoms with Gasteiger partial charge >= 0.3 is 0 Å². The lowest BCUT2D eigenvalue weighted by Gasteiger charge is -2.23. The van der Waals surface area contributed by atoms with Crippen LogP contribution in [0.5, 0.6) is 0 Å². The second-order valence-corrected chi connectivity index (χ2v) is 8.69. The van der Waals surface area contributed by atoms with E-state index < -0.39 is 10.0 Å². The summed E-state index contributed by atoms with van der Waals surface area (Å²) in [6.07, 6.45) is 1.75. The molecule has 7 nitrogen and oxygen atoms in total. The highest BCUT2D eigenvalue weighted by molar-refractivity contribution is 7.89. The first-order valence-electron chi connectivity index (χ1n) is 8.48. The maximum atomic E-state index is 12.7. The first kappa shape index (κ1) is 18.6. The topological polar surface area (TPSA) is 80.1 Å². The molecule has 0 bridgehead atoms. The van der Waals surface area contributed by atoms with Gasteiger partial charge in [0.2, 0.25) is 10.0 Å². The average molecular weight is 389 g/mol. The third kappa shape index (κ3) is 4.51. The van der Waals surface area contributed by atoms with Crippen LogP contribution in [-0.2, 0) is 19.6 Å². The molecule has 138 valence electrons. The van der Waals surface area contributed by atoms with Crippen molar-refractivity contribution in [1.82, 2.24) is 4.31 Å². The molecular formula is C16H23ClN3O4S+. The molecule has 0 radical (unpaired) electrons. The lowest BCUT2D eigenvalue weighted by molar-refractivity contribution is -0.899. The predicted octanol–water partition coefficient (Wildman–Crippen LogP) is -0.0219. The summed E-state index contributed by atoms with van der Waals surface area (Å²) < 4.78 is 32.1. The maximum Gasteiger partial charge on any atom is 0.279 e. The molecule has 2 aliphatic rings. The van der Waals surface area contributed by atoms with Crippen LogP contribution in [0.2, 0.25) is 5.02 Å². The molecule has 9 heteroatoms. The smallest absolute Gasteiger partial charge is 0.279 e. The van der Waals surface area contributed by atoms with E-state index in [1.165, 1.54) is 22.5 Å². The highest BCUT2D eigenvalue weighted by Gasteiger charge is 2.28. The Kier molecular flexibility index (Phi) is 5.96. The van der Waals surface area contributed by atoms with Crippen molar-refractivity contribution in [3.63, 3.8) is 0 Å². The molecule has 0 aromatic heterocycles. The quantitative estimate of drug-likeness (QED) is 0.742. The van der Waals surface area contributed by atoms with Gasteiger partial charge in [0.05, 0.1) is 28.8 Å². The molecule has 0 spiro atoms. The van der Waals surface area contributed by atoms with Gasteiger partial charge < -0.3 is 15.0 Å². The zero-order chi connectivity index (χ0) is 17.9. The number of rotatable bonds is 5. The van der Waals surface area contributed by atoms with E-state index in [0.29, 0.717) is 43.6 Å². The summed E-state index contributed by atoms with van der Waals surface area (Å²) >= 11 is 6.14. The fourth-order valence-corrected chi connectivity index (χ4v) is 4.81. The Labute approximate surface area is 152 Å². The number of nitrogens with one attached hydrogen (secondary N) is 2. The van der Waals surface area contributed by atoms with E-state index in [2.05, 4.69) is 5.32 Å². The first-order chi connectivity index (χ1) is 12.0. The SMILES string of the molecule is O=C(C[NH+]1CCOCC1)Nc1cc(S(=O)(=O)N2CCCC2)ccc1Cl. The molecule has 3 rings (SSSR count). The molecule has 1 amide bonds. The fourth-order valence-electron chi connectivity index (χ4n) is 3.10. The van der Waals surface area contributed by atoms with Crippen LogP contribution in [0.3, 0.4) is 0 Å². The van der Waals surface area contributed by atoms with E-state index in [1.54, 1.807) is 0 Å². The molecule has 2 N–H and O–H groups in total. The number of sulfonamides is 1. The molecule has 2 fully saturated rings. The molecule has 2 saturated heterocycles. The number of morpholine rings is 1. The van der Waals surface area contributed by atoms with Crippen molar-refractivity contribution >= 4 is 33.2 Å². The minimum absolute atomic E-state index is 0.160. The number of ether oxygens (including phenoxy) is 1.